The summed E-state index contributed by atoms with van der Waals surface area (Å²) in [5.74, 6) is -1.98. The zero-order valence-electron chi connectivity index (χ0n) is 9.92. The minimum absolute atomic E-state index is 0.129. The SMILES string of the molecule is O=C(O)CC(=O)N1CCOCC1C(=O)NC1CC1. The monoisotopic (exact) mass is 256 g/mol. The van der Waals surface area contributed by atoms with Crippen LogP contribution in [0, 0.1) is 0 Å². The highest BCUT2D eigenvalue weighted by molar-refractivity contribution is 5.96. The van der Waals surface area contributed by atoms with E-state index in [-0.39, 0.29) is 25.1 Å². The van der Waals surface area contributed by atoms with Gasteiger partial charge in [0.15, 0.2) is 0 Å². The molecule has 1 heterocycles. The van der Waals surface area contributed by atoms with Gasteiger partial charge in [0, 0.05) is 12.6 Å². The van der Waals surface area contributed by atoms with Crippen LogP contribution in [-0.2, 0) is 19.1 Å². The average Bonchev–Trinajstić information content (AvgIpc) is 3.12. The number of ether oxygens (including phenoxy) is 1. The van der Waals surface area contributed by atoms with Gasteiger partial charge in [0.25, 0.3) is 0 Å². The minimum atomic E-state index is -1.19. The highest BCUT2D eigenvalue weighted by Crippen LogP contribution is 2.19. The lowest BCUT2D eigenvalue weighted by atomic mass is 10.2. The Morgan fingerprint density at radius 2 is 2.06 bits per heavy atom. The van der Waals surface area contributed by atoms with Crippen molar-refractivity contribution < 1.29 is 24.2 Å². The van der Waals surface area contributed by atoms with E-state index in [1.807, 2.05) is 0 Å². The average molecular weight is 256 g/mol. The van der Waals surface area contributed by atoms with Gasteiger partial charge in [-0.05, 0) is 12.8 Å². The molecule has 2 N–H and O–H groups in total. The summed E-state index contributed by atoms with van der Waals surface area (Å²) in [6.07, 6.45) is 1.33. The van der Waals surface area contributed by atoms with Crippen molar-refractivity contribution in [2.75, 3.05) is 19.8 Å². The molecule has 2 fully saturated rings. The molecule has 1 saturated heterocycles. The van der Waals surface area contributed by atoms with Crippen molar-refractivity contribution in [1.82, 2.24) is 10.2 Å². The number of rotatable bonds is 4. The summed E-state index contributed by atoms with van der Waals surface area (Å²) in [7, 11) is 0. The molecule has 1 aliphatic carbocycles. The minimum Gasteiger partial charge on any atom is -0.481 e. The number of nitrogens with zero attached hydrogens (tertiary/aromatic N) is 1. The number of morpholine rings is 1. The van der Waals surface area contributed by atoms with E-state index in [9.17, 15) is 14.4 Å². The van der Waals surface area contributed by atoms with Crippen LogP contribution < -0.4 is 5.32 Å². The van der Waals surface area contributed by atoms with E-state index in [4.69, 9.17) is 9.84 Å². The Morgan fingerprint density at radius 1 is 1.33 bits per heavy atom. The van der Waals surface area contributed by atoms with Gasteiger partial charge >= 0.3 is 5.97 Å². The molecule has 0 radical (unpaired) electrons. The lowest BCUT2D eigenvalue weighted by Crippen LogP contribution is -2.56. The van der Waals surface area contributed by atoms with Crippen molar-refractivity contribution in [3.05, 3.63) is 0 Å². The van der Waals surface area contributed by atoms with Crippen LogP contribution in [0.4, 0.5) is 0 Å². The number of aliphatic carboxylic acids is 1. The van der Waals surface area contributed by atoms with Crippen molar-refractivity contribution >= 4 is 17.8 Å². The van der Waals surface area contributed by atoms with Gasteiger partial charge in [-0.15, -0.1) is 0 Å². The van der Waals surface area contributed by atoms with Gasteiger partial charge in [-0.2, -0.15) is 0 Å². The largest absolute Gasteiger partial charge is 0.481 e. The molecule has 2 amide bonds. The fourth-order valence-corrected chi connectivity index (χ4v) is 1.88. The molecule has 2 rings (SSSR count). The predicted octanol–water partition coefficient (Wildman–Crippen LogP) is -1.03. The maximum atomic E-state index is 11.9. The highest BCUT2D eigenvalue weighted by Gasteiger charge is 2.35. The third kappa shape index (κ3) is 3.19. The maximum Gasteiger partial charge on any atom is 0.312 e. The summed E-state index contributed by atoms with van der Waals surface area (Å²) >= 11 is 0. The van der Waals surface area contributed by atoms with E-state index in [2.05, 4.69) is 5.32 Å². The van der Waals surface area contributed by atoms with Gasteiger partial charge in [-0.1, -0.05) is 0 Å². The normalized spacial score (nSPS) is 23.6. The molecule has 1 aliphatic heterocycles. The van der Waals surface area contributed by atoms with E-state index in [0.717, 1.165) is 12.8 Å². The summed E-state index contributed by atoms with van der Waals surface area (Å²) in [5, 5.41) is 11.4. The van der Waals surface area contributed by atoms with Crippen LogP contribution in [0.5, 0.6) is 0 Å². The van der Waals surface area contributed by atoms with Gasteiger partial charge in [-0.3, -0.25) is 14.4 Å². The van der Waals surface area contributed by atoms with Crippen LogP contribution in [0.2, 0.25) is 0 Å². The number of amides is 2. The van der Waals surface area contributed by atoms with Crippen LogP contribution in [0.1, 0.15) is 19.3 Å². The number of hydrogen-bond donors (Lipinski definition) is 2. The number of carbonyl (C=O) groups excluding carboxylic acids is 2. The molecular formula is C11H16N2O5. The summed E-state index contributed by atoms with van der Waals surface area (Å²) < 4.78 is 5.19. The molecule has 0 aromatic heterocycles. The number of carbonyl (C=O) groups is 3. The van der Waals surface area contributed by atoms with Crippen LogP contribution >= 0.6 is 0 Å². The molecule has 2 aliphatic rings. The zero-order chi connectivity index (χ0) is 13.1. The lowest BCUT2D eigenvalue weighted by molar-refractivity contribution is -0.153. The maximum absolute atomic E-state index is 11.9. The molecule has 0 bridgehead atoms. The van der Waals surface area contributed by atoms with Crippen LogP contribution in [-0.4, -0.2) is 59.6 Å². The van der Waals surface area contributed by atoms with Crippen LogP contribution in [0.15, 0.2) is 0 Å². The molecule has 1 unspecified atom stereocenters. The number of hydrogen-bond acceptors (Lipinski definition) is 4. The quantitative estimate of drug-likeness (QED) is 0.627. The van der Waals surface area contributed by atoms with E-state index in [1.165, 1.54) is 4.90 Å². The molecule has 18 heavy (non-hydrogen) atoms. The Morgan fingerprint density at radius 3 is 2.67 bits per heavy atom. The fraction of sp³-hybridized carbons (Fsp3) is 0.727. The molecule has 0 aromatic carbocycles. The third-order valence-corrected chi connectivity index (χ3v) is 2.98. The molecule has 1 saturated carbocycles. The van der Waals surface area contributed by atoms with Crippen LogP contribution in [0.25, 0.3) is 0 Å². The second-order valence-corrected chi connectivity index (χ2v) is 4.53. The Balaban J connectivity index is 1.97. The van der Waals surface area contributed by atoms with E-state index in [0.29, 0.717) is 6.61 Å². The summed E-state index contributed by atoms with van der Waals surface area (Å²) in [6.45, 7) is 0.720. The van der Waals surface area contributed by atoms with Crippen molar-refractivity contribution in [3.8, 4) is 0 Å². The lowest BCUT2D eigenvalue weighted by Gasteiger charge is -2.34. The van der Waals surface area contributed by atoms with Crippen LogP contribution in [0.3, 0.4) is 0 Å². The third-order valence-electron chi connectivity index (χ3n) is 2.98. The molecule has 100 valence electrons. The van der Waals surface area contributed by atoms with Gasteiger partial charge < -0.3 is 20.1 Å². The number of carboxylic acids is 1. The Hall–Kier alpha value is -1.63. The van der Waals surface area contributed by atoms with Gasteiger partial charge in [0.1, 0.15) is 12.5 Å². The molecule has 0 spiro atoms. The van der Waals surface area contributed by atoms with Gasteiger partial charge in [-0.25, -0.2) is 0 Å². The van der Waals surface area contributed by atoms with E-state index < -0.39 is 24.3 Å². The van der Waals surface area contributed by atoms with Gasteiger partial charge in [0.05, 0.1) is 13.2 Å². The Labute approximate surface area is 104 Å². The Bertz CT molecular complexity index is 366. The molecule has 7 nitrogen and oxygen atoms in total. The topological polar surface area (TPSA) is 95.9 Å². The summed E-state index contributed by atoms with van der Waals surface area (Å²) in [4.78, 5) is 35.5. The molecule has 0 aromatic rings. The van der Waals surface area contributed by atoms with Crippen molar-refractivity contribution in [1.29, 1.82) is 0 Å². The summed E-state index contributed by atoms with van der Waals surface area (Å²) in [5.41, 5.74) is 0. The number of carboxylic acid groups (broad SMARTS) is 1. The first-order valence-electron chi connectivity index (χ1n) is 5.97. The highest BCUT2D eigenvalue weighted by atomic mass is 16.5. The molecule has 7 heteroatoms. The second kappa shape index (κ2) is 5.34. The van der Waals surface area contributed by atoms with Gasteiger partial charge in [0.2, 0.25) is 11.8 Å². The molecular weight excluding hydrogens is 240 g/mol. The smallest absolute Gasteiger partial charge is 0.312 e. The number of nitrogens with one attached hydrogen (secondary N) is 1. The first-order chi connectivity index (χ1) is 8.58. The van der Waals surface area contributed by atoms with Crippen molar-refractivity contribution in [2.45, 2.75) is 31.3 Å². The second-order valence-electron chi connectivity index (χ2n) is 4.53. The first kappa shape index (κ1) is 12.8. The standard InChI is InChI=1S/C11H16N2O5/c14-9(5-10(15)16)13-3-4-18-6-8(13)11(17)12-7-1-2-7/h7-8H,1-6H2,(H,12,17)(H,15,16). The fourth-order valence-electron chi connectivity index (χ4n) is 1.88. The van der Waals surface area contributed by atoms with E-state index >= 15 is 0 Å². The van der Waals surface area contributed by atoms with E-state index in [1.54, 1.807) is 0 Å². The van der Waals surface area contributed by atoms with Crippen molar-refractivity contribution in [2.24, 2.45) is 0 Å². The zero-order valence-corrected chi connectivity index (χ0v) is 9.92. The molecule has 1 atom stereocenters. The first-order valence-corrected chi connectivity index (χ1v) is 5.97. The predicted molar refractivity (Wildman–Crippen MR) is 59.7 cm³/mol. The van der Waals surface area contributed by atoms with Crippen molar-refractivity contribution in [3.63, 3.8) is 0 Å². The summed E-state index contributed by atoms with van der Waals surface area (Å²) in [6, 6.07) is -0.498. The Kier molecular flexibility index (Phi) is 3.81.